The van der Waals surface area contributed by atoms with Gasteiger partial charge in [0.2, 0.25) is 0 Å². The van der Waals surface area contributed by atoms with Crippen molar-refractivity contribution in [1.29, 1.82) is 0 Å². The second-order valence-electron chi connectivity index (χ2n) is 4.33. The Morgan fingerprint density at radius 2 is 2.23 bits per heavy atom. The van der Waals surface area contributed by atoms with E-state index in [1.807, 2.05) is 13.8 Å². The lowest BCUT2D eigenvalue weighted by molar-refractivity contribution is -0.161. The first-order chi connectivity index (χ1) is 5.92. The third kappa shape index (κ3) is 0.810. The highest BCUT2D eigenvalue weighted by Crippen LogP contribution is 2.58. The Morgan fingerprint density at radius 3 is 2.46 bits per heavy atom. The van der Waals surface area contributed by atoms with E-state index < -0.39 is 16.3 Å². The molecule has 1 aliphatic carbocycles. The van der Waals surface area contributed by atoms with E-state index in [2.05, 4.69) is 0 Å². The number of ether oxygens (including phenoxy) is 1. The van der Waals surface area contributed by atoms with Crippen molar-refractivity contribution in [2.24, 2.45) is 11.3 Å². The molecule has 4 heteroatoms. The highest BCUT2D eigenvalue weighted by molar-refractivity contribution is 6.65. The van der Waals surface area contributed by atoms with Crippen molar-refractivity contribution in [2.75, 3.05) is 0 Å². The van der Waals surface area contributed by atoms with E-state index in [1.165, 1.54) is 0 Å². The van der Waals surface area contributed by atoms with Gasteiger partial charge >= 0.3 is 5.97 Å². The average Bonchev–Trinajstić information content (AvgIpc) is 2.35. The molecule has 0 radical (unpaired) electrons. The van der Waals surface area contributed by atoms with E-state index in [4.69, 9.17) is 16.3 Å². The van der Waals surface area contributed by atoms with Crippen LogP contribution in [0, 0.1) is 11.3 Å². The first kappa shape index (κ1) is 9.00. The van der Waals surface area contributed by atoms with E-state index in [0.717, 1.165) is 0 Å². The zero-order valence-electron chi connectivity index (χ0n) is 7.59. The molecule has 0 unspecified atom stereocenters. The number of hydrogen-bond acceptors (Lipinski definition) is 3. The number of rotatable bonds is 1. The molecule has 0 spiro atoms. The van der Waals surface area contributed by atoms with Gasteiger partial charge in [0.25, 0.3) is 5.24 Å². The SMILES string of the molecule is CC1(C)[C@H]2CC[C@]1(C(=O)Cl)OC2=O. The van der Waals surface area contributed by atoms with E-state index in [0.29, 0.717) is 12.8 Å². The van der Waals surface area contributed by atoms with Crippen molar-refractivity contribution < 1.29 is 14.3 Å². The van der Waals surface area contributed by atoms with Crippen molar-refractivity contribution >= 4 is 22.8 Å². The van der Waals surface area contributed by atoms with Crippen LogP contribution in [0.4, 0.5) is 0 Å². The monoisotopic (exact) mass is 202 g/mol. The van der Waals surface area contributed by atoms with Gasteiger partial charge in [0.05, 0.1) is 5.92 Å². The van der Waals surface area contributed by atoms with Crippen molar-refractivity contribution in [3.63, 3.8) is 0 Å². The molecular weight excluding hydrogens is 192 g/mol. The maximum atomic E-state index is 11.3. The molecule has 0 amide bonds. The summed E-state index contributed by atoms with van der Waals surface area (Å²) in [5, 5.41) is -0.536. The van der Waals surface area contributed by atoms with Gasteiger partial charge in [-0.2, -0.15) is 0 Å². The van der Waals surface area contributed by atoms with Gasteiger partial charge in [-0.1, -0.05) is 13.8 Å². The molecular formula is C9H11ClO3. The Kier molecular flexibility index (Phi) is 1.57. The fourth-order valence-electron chi connectivity index (χ4n) is 2.54. The summed E-state index contributed by atoms with van der Waals surface area (Å²) in [7, 11) is 0. The molecule has 2 atom stereocenters. The van der Waals surface area contributed by atoms with Gasteiger partial charge < -0.3 is 4.74 Å². The molecule has 0 aromatic rings. The van der Waals surface area contributed by atoms with E-state index in [-0.39, 0.29) is 11.9 Å². The lowest BCUT2D eigenvalue weighted by atomic mass is 9.75. The van der Waals surface area contributed by atoms with Gasteiger partial charge in [-0.3, -0.25) is 9.59 Å². The molecule has 0 N–H and O–H groups in total. The Bertz CT molecular complexity index is 297. The highest BCUT2D eigenvalue weighted by atomic mass is 35.5. The van der Waals surface area contributed by atoms with Crippen LogP contribution in [0.1, 0.15) is 26.7 Å². The van der Waals surface area contributed by atoms with Gasteiger partial charge in [-0.25, -0.2) is 0 Å². The molecule has 1 aliphatic heterocycles. The van der Waals surface area contributed by atoms with E-state index in [9.17, 15) is 9.59 Å². The fraction of sp³-hybridized carbons (Fsp3) is 0.778. The Hall–Kier alpha value is -0.570. The van der Waals surface area contributed by atoms with Gasteiger partial charge in [0.1, 0.15) is 0 Å². The van der Waals surface area contributed by atoms with Crippen LogP contribution >= 0.6 is 11.6 Å². The molecule has 2 bridgehead atoms. The molecule has 0 aromatic carbocycles. The first-order valence-corrected chi connectivity index (χ1v) is 4.72. The molecule has 1 saturated carbocycles. The summed E-state index contributed by atoms with van der Waals surface area (Å²) in [6, 6.07) is 0. The molecule has 2 rings (SSSR count). The van der Waals surface area contributed by atoms with Crippen LogP contribution in [-0.2, 0) is 14.3 Å². The summed E-state index contributed by atoms with van der Waals surface area (Å²) in [4.78, 5) is 22.6. The van der Waals surface area contributed by atoms with Crippen molar-refractivity contribution in [2.45, 2.75) is 32.3 Å². The van der Waals surface area contributed by atoms with Crippen LogP contribution in [0.2, 0.25) is 0 Å². The number of carbonyl (C=O) groups excluding carboxylic acids is 2. The summed E-state index contributed by atoms with van der Waals surface area (Å²) in [5.74, 6) is -0.430. The van der Waals surface area contributed by atoms with Gasteiger partial charge in [-0.15, -0.1) is 0 Å². The largest absolute Gasteiger partial charge is 0.449 e. The molecule has 0 aromatic heterocycles. The zero-order valence-corrected chi connectivity index (χ0v) is 8.35. The number of fused-ring (bicyclic) bond motifs is 2. The minimum Gasteiger partial charge on any atom is -0.449 e. The van der Waals surface area contributed by atoms with Crippen molar-refractivity contribution in [3.8, 4) is 0 Å². The predicted molar refractivity (Wildman–Crippen MR) is 46.2 cm³/mol. The van der Waals surface area contributed by atoms with Gasteiger partial charge in [0.15, 0.2) is 5.60 Å². The highest BCUT2D eigenvalue weighted by Gasteiger charge is 2.69. The third-order valence-corrected chi connectivity index (χ3v) is 3.88. The van der Waals surface area contributed by atoms with Crippen molar-refractivity contribution in [1.82, 2.24) is 0 Å². The maximum Gasteiger partial charge on any atom is 0.310 e. The Balaban J connectivity index is 2.51. The number of hydrogen-bond donors (Lipinski definition) is 0. The lowest BCUT2D eigenvalue weighted by Crippen LogP contribution is -2.44. The summed E-state index contributed by atoms with van der Waals surface area (Å²) in [6.45, 7) is 3.74. The van der Waals surface area contributed by atoms with Crippen LogP contribution in [0.5, 0.6) is 0 Å². The summed E-state index contributed by atoms with van der Waals surface area (Å²) in [6.07, 6.45) is 1.28. The molecule has 1 saturated heterocycles. The van der Waals surface area contributed by atoms with Gasteiger partial charge in [0, 0.05) is 5.41 Å². The first-order valence-electron chi connectivity index (χ1n) is 4.34. The van der Waals surface area contributed by atoms with E-state index in [1.54, 1.807) is 0 Å². The maximum absolute atomic E-state index is 11.3. The molecule has 13 heavy (non-hydrogen) atoms. The van der Waals surface area contributed by atoms with Crippen LogP contribution in [0.3, 0.4) is 0 Å². The number of carbonyl (C=O) groups is 2. The molecule has 1 heterocycles. The normalized spacial score (nSPS) is 40.5. The van der Waals surface area contributed by atoms with E-state index >= 15 is 0 Å². The van der Waals surface area contributed by atoms with Crippen LogP contribution in [0.25, 0.3) is 0 Å². The Labute approximate surface area is 81.4 Å². The van der Waals surface area contributed by atoms with Crippen LogP contribution in [-0.4, -0.2) is 16.8 Å². The topological polar surface area (TPSA) is 43.4 Å². The quantitative estimate of drug-likeness (QED) is 0.478. The lowest BCUT2D eigenvalue weighted by Gasteiger charge is -2.31. The summed E-state index contributed by atoms with van der Waals surface area (Å²) in [5.41, 5.74) is -1.49. The number of halogens is 1. The molecule has 2 aliphatic rings. The summed E-state index contributed by atoms with van der Waals surface area (Å²) < 4.78 is 5.10. The zero-order chi connectivity index (χ0) is 9.85. The molecule has 72 valence electrons. The number of esters is 1. The minimum atomic E-state index is -1.05. The Morgan fingerprint density at radius 1 is 1.62 bits per heavy atom. The van der Waals surface area contributed by atoms with Crippen LogP contribution in [0.15, 0.2) is 0 Å². The fourth-order valence-corrected chi connectivity index (χ4v) is 2.92. The summed E-state index contributed by atoms with van der Waals surface area (Å²) >= 11 is 5.50. The third-order valence-electron chi connectivity index (χ3n) is 3.57. The smallest absolute Gasteiger partial charge is 0.310 e. The van der Waals surface area contributed by atoms with Gasteiger partial charge in [-0.05, 0) is 24.4 Å². The van der Waals surface area contributed by atoms with Crippen LogP contribution < -0.4 is 0 Å². The average molecular weight is 203 g/mol. The predicted octanol–water partition coefficient (Wildman–Crippen LogP) is 1.48. The minimum absolute atomic E-state index is 0.157. The standard InChI is InChI=1S/C9H11ClO3/c1-8(2)5-3-4-9(8,7(10)12)13-6(5)11/h5H,3-4H2,1-2H3/t5-,9+/m0/s1. The molecule has 3 nitrogen and oxygen atoms in total. The van der Waals surface area contributed by atoms with Crippen molar-refractivity contribution in [3.05, 3.63) is 0 Å². The second-order valence-corrected chi connectivity index (χ2v) is 4.68. The second kappa shape index (κ2) is 2.27. The molecule has 2 fully saturated rings.